The van der Waals surface area contributed by atoms with Crippen LogP contribution >= 0.6 is 0 Å². The van der Waals surface area contributed by atoms with Gasteiger partial charge in [-0.3, -0.25) is 4.79 Å². The molecule has 1 heterocycles. The first-order valence-electron chi connectivity index (χ1n) is 7.57. The zero-order valence-electron chi connectivity index (χ0n) is 12.9. The molecule has 19 heavy (non-hydrogen) atoms. The van der Waals surface area contributed by atoms with Gasteiger partial charge in [-0.05, 0) is 32.1 Å². The Balaban J connectivity index is 2.48. The van der Waals surface area contributed by atoms with Gasteiger partial charge in [-0.15, -0.1) is 0 Å². The normalized spacial score (nSPS) is 27.1. The lowest BCUT2D eigenvalue weighted by molar-refractivity contribution is -0.127. The molecule has 0 radical (unpaired) electrons. The lowest BCUT2D eigenvalue weighted by Gasteiger charge is -2.35. The third kappa shape index (κ3) is 4.77. The van der Waals surface area contributed by atoms with Crippen molar-refractivity contribution in [2.75, 3.05) is 13.2 Å². The van der Waals surface area contributed by atoms with Crippen molar-refractivity contribution in [3.63, 3.8) is 0 Å². The average Bonchev–Trinajstić information content (AvgIpc) is 2.36. The fraction of sp³-hybridized carbons (Fsp3) is 0.933. The molecule has 3 atom stereocenters. The Hall–Kier alpha value is -0.610. The molecule has 4 nitrogen and oxygen atoms in total. The second-order valence-electron chi connectivity index (χ2n) is 6.36. The van der Waals surface area contributed by atoms with Gasteiger partial charge in [-0.25, -0.2) is 0 Å². The Kier molecular flexibility index (Phi) is 6.27. The summed E-state index contributed by atoms with van der Waals surface area (Å²) in [6.07, 6.45) is 4.09. The molecular formula is C15H30N2O2. The standard InChI is InChI=1S/C15H30N2O2/c1-5-8-15(4,16)14(18)17-10-12-7-6-9-19-13(12)11(2)3/h11-13H,5-10,16H2,1-4H3,(H,17,18). The minimum Gasteiger partial charge on any atom is -0.378 e. The van der Waals surface area contributed by atoms with Crippen molar-refractivity contribution in [3.8, 4) is 0 Å². The summed E-state index contributed by atoms with van der Waals surface area (Å²) >= 11 is 0. The summed E-state index contributed by atoms with van der Waals surface area (Å²) in [6.45, 7) is 9.73. The maximum Gasteiger partial charge on any atom is 0.239 e. The topological polar surface area (TPSA) is 64.4 Å². The molecule has 0 bridgehead atoms. The van der Waals surface area contributed by atoms with Gasteiger partial charge in [0.25, 0.3) is 0 Å². The molecule has 1 aliphatic heterocycles. The van der Waals surface area contributed by atoms with Gasteiger partial charge in [0, 0.05) is 19.1 Å². The van der Waals surface area contributed by atoms with Crippen molar-refractivity contribution < 1.29 is 9.53 Å². The number of hydrogen-bond acceptors (Lipinski definition) is 3. The van der Waals surface area contributed by atoms with E-state index in [0.717, 1.165) is 25.9 Å². The highest BCUT2D eigenvalue weighted by molar-refractivity contribution is 5.85. The molecule has 3 unspecified atom stereocenters. The molecule has 1 saturated heterocycles. The van der Waals surface area contributed by atoms with Crippen LogP contribution in [0.15, 0.2) is 0 Å². The van der Waals surface area contributed by atoms with E-state index in [9.17, 15) is 4.79 Å². The van der Waals surface area contributed by atoms with Gasteiger partial charge in [-0.1, -0.05) is 27.2 Å². The number of nitrogens with two attached hydrogens (primary N) is 1. The van der Waals surface area contributed by atoms with Crippen LogP contribution in [0.2, 0.25) is 0 Å². The average molecular weight is 270 g/mol. The van der Waals surface area contributed by atoms with Crippen LogP contribution in [0, 0.1) is 11.8 Å². The summed E-state index contributed by atoms with van der Waals surface area (Å²) < 4.78 is 5.83. The van der Waals surface area contributed by atoms with Crippen LogP contribution in [0.3, 0.4) is 0 Å². The van der Waals surface area contributed by atoms with Gasteiger partial charge in [-0.2, -0.15) is 0 Å². The molecule has 1 fully saturated rings. The van der Waals surface area contributed by atoms with Crippen molar-refractivity contribution in [1.29, 1.82) is 0 Å². The predicted octanol–water partition coefficient (Wildman–Crippen LogP) is 2.07. The number of ether oxygens (including phenoxy) is 1. The van der Waals surface area contributed by atoms with E-state index < -0.39 is 5.54 Å². The number of amides is 1. The molecule has 0 aromatic heterocycles. The maximum atomic E-state index is 12.1. The van der Waals surface area contributed by atoms with Gasteiger partial charge in [0.2, 0.25) is 5.91 Å². The minimum atomic E-state index is -0.752. The summed E-state index contributed by atoms with van der Waals surface area (Å²) in [5, 5.41) is 3.02. The molecule has 0 saturated carbocycles. The molecule has 3 N–H and O–H groups in total. The molecule has 112 valence electrons. The summed E-state index contributed by atoms with van der Waals surface area (Å²) in [5.41, 5.74) is 5.29. The third-order valence-electron chi connectivity index (χ3n) is 3.96. The number of carbonyl (C=O) groups is 1. The quantitative estimate of drug-likeness (QED) is 0.776. The number of carbonyl (C=O) groups excluding carboxylic acids is 1. The van der Waals surface area contributed by atoms with Crippen molar-refractivity contribution in [2.45, 2.75) is 65.0 Å². The molecule has 0 aromatic carbocycles. The van der Waals surface area contributed by atoms with Crippen molar-refractivity contribution in [1.82, 2.24) is 5.32 Å². The van der Waals surface area contributed by atoms with Crippen molar-refractivity contribution in [3.05, 3.63) is 0 Å². The van der Waals surface area contributed by atoms with Gasteiger partial charge < -0.3 is 15.8 Å². The highest BCUT2D eigenvalue weighted by atomic mass is 16.5. The van der Waals surface area contributed by atoms with Gasteiger partial charge in [0.1, 0.15) is 0 Å². The van der Waals surface area contributed by atoms with Crippen molar-refractivity contribution in [2.24, 2.45) is 17.6 Å². The minimum absolute atomic E-state index is 0.0394. The molecule has 0 spiro atoms. The molecule has 1 rings (SSSR count). The third-order valence-corrected chi connectivity index (χ3v) is 3.96. The lowest BCUT2D eigenvalue weighted by atomic mass is 9.87. The fourth-order valence-corrected chi connectivity index (χ4v) is 2.88. The fourth-order valence-electron chi connectivity index (χ4n) is 2.88. The summed E-state index contributed by atoms with van der Waals surface area (Å²) in [6, 6.07) is 0. The lowest BCUT2D eigenvalue weighted by Crippen LogP contribution is -2.53. The van der Waals surface area contributed by atoms with Crippen LogP contribution in [-0.2, 0) is 9.53 Å². The highest BCUT2D eigenvalue weighted by Crippen LogP contribution is 2.25. The summed E-state index contributed by atoms with van der Waals surface area (Å²) in [4.78, 5) is 12.1. The van der Waals surface area contributed by atoms with Crippen molar-refractivity contribution >= 4 is 5.91 Å². The summed E-state index contributed by atoms with van der Waals surface area (Å²) in [7, 11) is 0. The Bertz CT molecular complexity index is 290. The monoisotopic (exact) mass is 270 g/mol. The van der Waals surface area contributed by atoms with E-state index in [1.54, 1.807) is 0 Å². The summed E-state index contributed by atoms with van der Waals surface area (Å²) in [5.74, 6) is 0.861. The highest BCUT2D eigenvalue weighted by Gasteiger charge is 2.31. The Morgan fingerprint density at radius 1 is 1.53 bits per heavy atom. The second kappa shape index (κ2) is 7.25. The van der Waals surface area contributed by atoms with E-state index in [1.807, 2.05) is 13.8 Å². The first-order valence-corrected chi connectivity index (χ1v) is 7.57. The number of nitrogens with one attached hydrogen (secondary N) is 1. The van der Waals surface area contributed by atoms with Crippen LogP contribution in [-0.4, -0.2) is 30.7 Å². The van der Waals surface area contributed by atoms with E-state index in [-0.39, 0.29) is 12.0 Å². The first kappa shape index (κ1) is 16.4. The first-order chi connectivity index (χ1) is 8.88. The number of rotatable bonds is 6. The van der Waals surface area contributed by atoms with Gasteiger partial charge in [0.05, 0.1) is 11.6 Å². The Morgan fingerprint density at radius 3 is 2.79 bits per heavy atom. The van der Waals surface area contributed by atoms with E-state index >= 15 is 0 Å². The van der Waals surface area contributed by atoms with E-state index in [0.29, 0.717) is 24.8 Å². The Labute approximate surface area is 117 Å². The zero-order valence-corrected chi connectivity index (χ0v) is 12.9. The molecule has 0 aliphatic carbocycles. The maximum absolute atomic E-state index is 12.1. The largest absolute Gasteiger partial charge is 0.378 e. The molecule has 1 aliphatic rings. The van der Waals surface area contributed by atoms with Crippen LogP contribution in [0.5, 0.6) is 0 Å². The molecule has 1 amide bonds. The SMILES string of the molecule is CCCC(C)(N)C(=O)NCC1CCCOC1C(C)C. The van der Waals surface area contributed by atoms with Crippen LogP contribution in [0.25, 0.3) is 0 Å². The smallest absolute Gasteiger partial charge is 0.239 e. The van der Waals surface area contributed by atoms with Crippen LogP contribution in [0.4, 0.5) is 0 Å². The van der Waals surface area contributed by atoms with E-state index in [4.69, 9.17) is 10.5 Å². The Morgan fingerprint density at radius 2 is 2.21 bits per heavy atom. The van der Waals surface area contributed by atoms with E-state index in [2.05, 4.69) is 19.2 Å². The molecule has 0 aromatic rings. The van der Waals surface area contributed by atoms with Gasteiger partial charge >= 0.3 is 0 Å². The van der Waals surface area contributed by atoms with Gasteiger partial charge in [0.15, 0.2) is 0 Å². The predicted molar refractivity (Wildman–Crippen MR) is 77.8 cm³/mol. The van der Waals surface area contributed by atoms with Crippen LogP contribution < -0.4 is 11.1 Å². The second-order valence-corrected chi connectivity index (χ2v) is 6.36. The molecule has 4 heteroatoms. The zero-order chi connectivity index (χ0) is 14.5. The molecular weight excluding hydrogens is 240 g/mol. The van der Waals surface area contributed by atoms with Crippen LogP contribution in [0.1, 0.15) is 53.4 Å². The van der Waals surface area contributed by atoms with E-state index in [1.165, 1.54) is 0 Å². The number of hydrogen-bond donors (Lipinski definition) is 2.